The molecular weight excluding hydrogens is 221 g/mol. The first-order valence-electron chi connectivity index (χ1n) is 5.44. The van der Waals surface area contributed by atoms with Gasteiger partial charge < -0.3 is 10.2 Å². The molecule has 0 fully saturated rings. The van der Waals surface area contributed by atoms with Crippen molar-refractivity contribution in [3.63, 3.8) is 0 Å². The van der Waals surface area contributed by atoms with E-state index in [4.69, 9.17) is 5.41 Å². The largest absolute Gasteiger partial charge is 0.359 e. The minimum absolute atomic E-state index is 0.0556. The van der Waals surface area contributed by atoms with E-state index in [-0.39, 0.29) is 11.7 Å². The zero-order valence-corrected chi connectivity index (χ0v) is 9.59. The lowest BCUT2D eigenvalue weighted by Gasteiger charge is -2.16. The zero-order valence-electron chi connectivity index (χ0n) is 9.59. The molecule has 0 atom stereocenters. The normalized spacial score (nSPS) is 13.8. The van der Waals surface area contributed by atoms with Gasteiger partial charge in [0.15, 0.2) is 0 Å². The van der Waals surface area contributed by atoms with E-state index in [1.807, 2.05) is 0 Å². The Hall–Kier alpha value is -1.91. The van der Waals surface area contributed by atoms with Gasteiger partial charge in [0.2, 0.25) is 5.91 Å². The van der Waals surface area contributed by atoms with E-state index < -0.39 is 0 Å². The van der Waals surface area contributed by atoms with Gasteiger partial charge in [-0.2, -0.15) is 0 Å². The molecule has 1 aromatic carbocycles. The Labute approximate surface area is 98.9 Å². The van der Waals surface area contributed by atoms with Crippen LogP contribution in [0.5, 0.6) is 0 Å². The quantitative estimate of drug-likeness (QED) is 0.824. The molecule has 4 nitrogen and oxygen atoms in total. The fourth-order valence-electron chi connectivity index (χ4n) is 1.91. The molecule has 0 unspecified atom stereocenters. The van der Waals surface area contributed by atoms with Gasteiger partial charge in [-0.05, 0) is 17.7 Å². The highest BCUT2D eigenvalue weighted by Gasteiger charge is 2.24. The number of hydrogen-bond donors (Lipinski definition) is 2. The van der Waals surface area contributed by atoms with Crippen molar-refractivity contribution in [3.8, 4) is 0 Å². The lowest BCUT2D eigenvalue weighted by molar-refractivity contribution is -0.120. The van der Waals surface area contributed by atoms with Gasteiger partial charge in [-0.3, -0.25) is 10.2 Å². The molecule has 0 saturated heterocycles. The van der Waals surface area contributed by atoms with Gasteiger partial charge in [0.05, 0.1) is 0 Å². The van der Waals surface area contributed by atoms with Gasteiger partial charge in [-0.1, -0.05) is 6.07 Å². The molecular formula is C12H14FN3O. The second-order valence-corrected chi connectivity index (χ2v) is 3.99. The van der Waals surface area contributed by atoms with E-state index in [1.165, 1.54) is 12.1 Å². The standard InChI is InChI=1S/C12H14FN3O/c1-15-11(17)4-5-16-7-8-2-3-9(13)6-10(8)12(16)14/h2-3,6,14H,4-5,7H2,1H3,(H,15,17). The van der Waals surface area contributed by atoms with Gasteiger partial charge in [0, 0.05) is 32.1 Å². The number of halogens is 1. The van der Waals surface area contributed by atoms with Crippen LogP contribution in [0.1, 0.15) is 17.5 Å². The van der Waals surface area contributed by atoms with E-state index in [0.717, 1.165) is 5.56 Å². The van der Waals surface area contributed by atoms with Crippen molar-refractivity contribution >= 4 is 11.7 Å². The molecule has 2 rings (SSSR count). The van der Waals surface area contributed by atoms with E-state index in [1.54, 1.807) is 18.0 Å². The molecule has 17 heavy (non-hydrogen) atoms. The molecule has 1 aliphatic heterocycles. The molecule has 5 heteroatoms. The number of rotatable bonds is 3. The van der Waals surface area contributed by atoms with Crippen LogP contribution in [0.4, 0.5) is 4.39 Å². The van der Waals surface area contributed by atoms with Gasteiger partial charge >= 0.3 is 0 Å². The maximum atomic E-state index is 13.1. The summed E-state index contributed by atoms with van der Waals surface area (Å²) in [5.74, 6) is -0.0926. The van der Waals surface area contributed by atoms with Crippen LogP contribution < -0.4 is 5.32 Å². The van der Waals surface area contributed by atoms with Crippen molar-refractivity contribution < 1.29 is 9.18 Å². The van der Waals surface area contributed by atoms with Crippen molar-refractivity contribution in [2.75, 3.05) is 13.6 Å². The van der Waals surface area contributed by atoms with Crippen LogP contribution in [-0.2, 0) is 11.3 Å². The number of nitrogens with zero attached hydrogens (tertiary/aromatic N) is 1. The molecule has 90 valence electrons. The maximum Gasteiger partial charge on any atom is 0.221 e. The number of nitrogens with one attached hydrogen (secondary N) is 2. The summed E-state index contributed by atoms with van der Waals surface area (Å²) in [6.45, 7) is 1.06. The molecule has 0 radical (unpaired) electrons. The van der Waals surface area contributed by atoms with Crippen molar-refractivity contribution in [1.29, 1.82) is 5.41 Å². The highest BCUT2D eigenvalue weighted by atomic mass is 19.1. The van der Waals surface area contributed by atoms with Crippen LogP contribution in [0.3, 0.4) is 0 Å². The molecule has 0 bridgehead atoms. The fourth-order valence-corrected chi connectivity index (χ4v) is 1.91. The molecule has 2 N–H and O–H groups in total. The molecule has 1 aromatic rings. The Morgan fingerprint density at radius 1 is 1.59 bits per heavy atom. The van der Waals surface area contributed by atoms with Crippen LogP contribution >= 0.6 is 0 Å². The lowest BCUT2D eigenvalue weighted by atomic mass is 10.1. The van der Waals surface area contributed by atoms with Crippen molar-refractivity contribution in [2.45, 2.75) is 13.0 Å². The summed E-state index contributed by atoms with van der Waals surface area (Å²) in [4.78, 5) is 12.9. The Bertz CT molecular complexity index is 473. The minimum atomic E-state index is -0.332. The van der Waals surface area contributed by atoms with Crippen molar-refractivity contribution in [2.24, 2.45) is 0 Å². The van der Waals surface area contributed by atoms with Crippen LogP contribution in [0.2, 0.25) is 0 Å². The monoisotopic (exact) mass is 235 g/mol. The summed E-state index contributed by atoms with van der Waals surface area (Å²) in [6, 6.07) is 4.46. The van der Waals surface area contributed by atoms with Crippen LogP contribution in [0, 0.1) is 11.2 Å². The average molecular weight is 235 g/mol. The van der Waals surface area contributed by atoms with E-state index in [2.05, 4.69) is 5.32 Å². The number of amidine groups is 1. The Morgan fingerprint density at radius 3 is 3.06 bits per heavy atom. The number of benzene rings is 1. The summed E-state index contributed by atoms with van der Waals surface area (Å²) in [5.41, 5.74) is 1.57. The topological polar surface area (TPSA) is 56.2 Å². The van der Waals surface area contributed by atoms with Crippen LogP contribution in [0.15, 0.2) is 18.2 Å². The van der Waals surface area contributed by atoms with Gasteiger partial charge in [-0.25, -0.2) is 4.39 Å². The summed E-state index contributed by atoms with van der Waals surface area (Å²) >= 11 is 0. The highest BCUT2D eigenvalue weighted by Crippen LogP contribution is 2.23. The number of fused-ring (bicyclic) bond motifs is 1. The van der Waals surface area contributed by atoms with Gasteiger partial charge in [-0.15, -0.1) is 0 Å². The second kappa shape index (κ2) is 4.53. The summed E-state index contributed by atoms with van der Waals surface area (Å²) in [6.07, 6.45) is 0.343. The Balaban J connectivity index is 2.07. The summed E-state index contributed by atoms with van der Waals surface area (Å²) < 4.78 is 13.1. The van der Waals surface area contributed by atoms with E-state index >= 15 is 0 Å². The molecule has 1 aliphatic rings. The number of carbonyl (C=O) groups is 1. The Morgan fingerprint density at radius 2 is 2.35 bits per heavy atom. The summed E-state index contributed by atoms with van der Waals surface area (Å²) in [7, 11) is 1.59. The fraction of sp³-hybridized carbons (Fsp3) is 0.333. The molecule has 1 amide bonds. The Kier molecular flexibility index (Phi) is 3.08. The first-order valence-corrected chi connectivity index (χ1v) is 5.44. The molecule has 0 spiro atoms. The van der Waals surface area contributed by atoms with Gasteiger partial charge in [0.25, 0.3) is 0 Å². The highest BCUT2D eigenvalue weighted by molar-refractivity contribution is 6.00. The van der Waals surface area contributed by atoms with Crippen LogP contribution in [0.25, 0.3) is 0 Å². The van der Waals surface area contributed by atoms with Crippen LogP contribution in [-0.4, -0.2) is 30.2 Å². The molecule has 0 aliphatic carbocycles. The minimum Gasteiger partial charge on any atom is -0.359 e. The molecule has 1 heterocycles. The van der Waals surface area contributed by atoms with E-state index in [0.29, 0.717) is 30.9 Å². The first-order chi connectivity index (χ1) is 8.11. The third-order valence-electron chi connectivity index (χ3n) is 2.89. The number of amides is 1. The van der Waals surface area contributed by atoms with Crippen molar-refractivity contribution in [1.82, 2.24) is 10.2 Å². The van der Waals surface area contributed by atoms with Crippen molar-refractivity contribution in [3.05, 3.63) is 35.1 Å². The molecule has 0 aromatic heterocycles. The SMILES string of the molecule is CNC(=O)CCN1Cc2ccc(F)cc2C1=N. The lowest BCUT2D eigenvalue weighted by Crippen LogP contribution is -2.29. The maximum absolute atomic E-state index is 13.1. The third kappa shape index (κ3) is 2.27. The molecule has 0 saturated carbocycles. The predicted octanol–water partition coefficient (Wildman–Crippen LogP) is 1.10. The number of carbonyl (C=O) groups excluding carboxylic acids is 1. The first kappa shape index (κ1) is 11.6. The third-order valence-corrected chi connectivity index (χ3v) is 2.89. The smallest absolute Gasteiger partial charge is 0.221 e. The van der Waals surface area contributed by atoms with E-state index in [9.17, 15) is 9.18 Å². The number of hydrogen-bond acceptors (Lipinski definition) is 2. The predicted molar refractivity (Wildman–Crippen MR) is 62.3 cm³/mol. The average Bonchev–Trinajstić information content (AvgIpc) is 2.63. The summed E-state index contributed by atoms with van der Waals surface area (Å²) in [5, 5.41) is 10.5. The second-order valence-electron chi connectivity index (χ2n) is 3.99. The zero-order chi connectivity index (χ0) is 12.4. The van der Waals surface area contributed by atoms with Gasteiger partial charge in [0.1, 0.15) is 11.7 Å².